The third-order valence-electron chi connectivity index (χ3n) is 3.58. The highest BCUT2D eigenvalue weighted by molar-refractivity contribution is 5.87. The van der Waals surface area contributed by atoms with Crippen molar-refractivity contribution in [3.63, 3.8) is 0 Å². The lowest BCUT2D eigenvalue weighted by Crippen LogP contribution is -2.52. The highest BCUT2D eigenvalue weighted by atomic mass is 16.3. The predicted octanol–water partition coefficient (Wildman–Crippen LogP) is 2.27. The van der Waals surface area contributed by atoms with Crippen LogP contribution in [0.1, 0.15) is 33.3 Å². The van der Waals surface area contributed by atoms with Crippen molar-refractivity contribution in [2.24, 2.45) is 11.1 Å². The molecule has 0 aliphatic carbocycles. The molecule has 0 radical (unpaired) electrons. The van der Waals surface area contributed by atoms with Crippen LogP contribution in [0.15, 0.2) is 24.3 Å². The van der Waals surface area contributed by atoms with Gasteiger partial charge in [0.2, 0.25) is 0 Å². The van der Waals surface area contributed by atoms with Crippen molar-refractivity contribution in [3.05, 3.63) is 29.8 Å². The molecule has 0 fully saturated rings. The number of nitrogens with two attached hydrogens (primary N) is 1. The molecular weight excluding hydrogens is 214 g/mol. The van der Waals surface area contributed by atoms with E-state index in [2.05, 4.69) is 0 Å². The van der Waals surface area contributed by atoms with Gasteiger partial charge in [-0.15, -0.1) is 0 Å². The molecule has 17 heavy (non-hydrogen) atoms. The summed E-state index contributed by atoms with van der Waals surface area (Å²) in [6.07, 6.45) is 0.294. The Morgan fingerprint density at radius 3 is 2.35 bits per heavy atom. The average Bonchev–Trinajstić information content (AvgIpc) is 2.15. The van der Waals surface area contributed by atoms with Crippen LogP contribution in [0.3, 0.4) is 0 Å². The second-order valence-electron chi connectivity index (χ2n) is 5.62. The Bertz CT molecular complexity index is 416. The summed E-state index contributed by atoms with van der Waals surface area (Å²) in [6.45, 7) is 7.43. The van der Waals surface area contributed by atoms with Crippen molar-refractivity contribution in [2.75, 3.05) is 0 Å². The van der Waals surface area contributed by atoms with Crippen LogP contribution in [-0.2, 0) is 11.2 Å². The van der Waals surface area contributed by atoms with Crippen LogP contribution in [0.5, 0.6) is 5.75 Å². The van der Waals surface area contributed by atoms with Gasteiger partial charge in [0.15, 0.2) is 0 Å². The van der Waals surface area contributed by atoms with E-state index >= 15 is 0 Å². The van der Waals surface area contributed by atoms with E-state index in [4.69, 9.17) is 5.73 Å². The number of benzene rings is 1. The van der Waals surface area contributed by atoms with Crippen molar-refractivity contribution in [1.29, 1.82) is 0 Å². The van der Waals surface area contributed by atoms with E-state index in [-0.39, 0.29) is 11.5 Å². The molecule has 0 spiro atoms. The van der Waals surface area contributed by atoms with Crippen molar-refractivity contribution in [2.45, 2.75) is 39.7 Å². The molecule has 0 aliphatic heterocycles. The van der Waals surface area contributed by atoms with Gasteiger partial charge in [0.05, 0.1) is 0 Å². The third kappa shape index (κ3) is 3.07. The quantitative estimate of drug-likeness (QED) is 0.841. The summed E-state index contributed by atoms with van der Waals surface area (Å²) in [5, 5.41) is 9.35. The molecule has 0 bridgehead atoms. The maximum atomic E-state index is 12.2. The van der Waals surface area contributed by atoms with Crippen molar-refractivity contribution < 1.29 is 9.90 Å². The van der Waals surface area contributed by atoms with Gasteiger partial charge < -0.3 is 10.8 Å². The van der Waals surface area contributed by atoms with Crippen LogP contribution >= 0.6 is 0 Å². The number of carbonyl (C=O) groups excluding carboxylic acids is 1. The third-order valence-corrected chi connectivity index (χ3v) is 3.58. The SMILES string of the molecule is CC(C)(N)C(C)(C)C(=O)Cc1cccc(O)c1. The molecular formula is C14H21NO2. The molecule has 0 aliphatic rings. The number of rotatable bonds is 4. The van der Waals surface area contributed by atoms with Crippen LogP contribution in [0.4, 0.5) is 0 Å². The molecule has 1 rings (SSSR count). The van der Waals surface area contributed by atoms with Gasteiger partial charge in [-0.3, -0.25) is 4.79 Å². The van der Waals surface area contributed by atoms with Gasteiger partial charge in [0, 0.05) is 17.4 Å². The summed E-state index contributed by atoms with van der Waals surface area (Å²) in [4.78, 5) is 12.2. The molecule has 0 saturated carbocycles. The zero-order chi connectivity index (χ0) is 13.3. The molecule has 0 unspecified atom stereocenters. The Hall–Kier alpha value is -1.35. The topological polar surface area (TPSA) is 63.3 Å². The summed E-state index contributed by atoms with van der Waals surface area (Å²) in [6, 6.07) is 6.76. The van der Waals surface area contributed by atoms with Gasteiger partial charge in [-0.1, -0.05) is 26.0 Å². The van der Waals surface area contributed by atoms with Crippen LogP contribution in [-0.4, -0.2) is 16.4 Å². The molecule has 94 valence electrons. The number of hydrogen-bond acceptors (Lipinski definition) is 3. The Morgan fingerprint density at radius 1 is 1.29 bits per heavy atom. The lowest BCUT2D eigenvalue weighted by atomic mass is 9.71. The fourth-order valence-corrected chi connectivity index (χ4v) is 1.43. The lowest BCUT2D eigenvalue weighted by molar-refractivity contribution is -0.129. The normalized spacial score (nSPS) is 12.5. The van der Waals surface area contributed by atoms with E-state index in [9.17, 15) is 9.90 Å². The highest BCUT2D eigenvalue weighted by Crippen LogP contribution is 2.30. The van der Waals surface area contributed by atoms with E-state index < -0.39 is 11.0 Å². The summed E-state index contributed by atoms with van der Waals surface area (Å²) in [5.74, 6) is 0.260. The summed E-state index contributed by atoms with van der Waals surface area (Å²) in [5.41, 5.74) is 5.67. The first-order chi connectivity index (χ1) is 7.64. The molecule has 3 nitrogen and oxygen atoms in total. The second kappa shape index (κ2) is 4.49. The predicted molar refractivity (Wildman–Crippen MR) is 68.9 cm³/mol. The molecule has 3 N–H and O–H groups in total. The zero-order valence-electron chi connectivity index (χ0n) is 10.9. The molecule has 3 heteroatoms. The van der Waals surface area contributed by atoms with Gasteiger partial charge in [-0.25, -0.2) is 0 Å². The molecule has 1 aromatic carbocycles. The van der Waals surface area contributed by atoms with E-state index in [1.54, 1.807) is 18.2 Å². The molecule has 1 aromatic rings. The van der Waals surface area contributed by atoms with E-state index in [1.165, 1.54) is 0 Å². The average molecular weight is 235 g/mol. The largest absolute Gasteiger partial charge is 0.508 e. The fraction of sp³-hybridized carbons (Fsp3) is 0.500. The Kier molecular flexibility index (Phi) is 3.62. The van der Waals surface area contributed by atoms with Crippen LogP contribution < -0.4 is 5.73 Å². The molecule has 0 saturated heterocycles. The molecule has 0 heterocycles. The maximum absolute atomic E-state index is 12.2. The van der Waals surface area contributed by atoms with Gasteiger partial charge in [0.25, 0.3) is 0 Å². The summed E-state index contributed by atoms with van der Waals surface area (Å²) in [7, 11) is 0. The molecule has 0 aromatic heterocycles. The zero-order valence-corrected chi connectivity index (χ0v) is 10.9. The number of aromatic hydroxyl groups is 1. The van der Waals surface area contributed by atoms with E-state index in [0.29, 0.717) is 6.42 Å². The number of phenols is 1. The minimum atomic E-state index is -0.599. The smallest absolute Gasteiger partial charge is 0.144 e. The number of ketones is 1. The highest BCUT2D eigenvalue weighted by Gasteiger charge is 2.39. The van der Waals surface area contributed by atoms with Gasteiger partial charge >= 0.3 is 0 Å². The van der Waals surface area contributed by atoms with E-state index in [0.717, 1.165) is 5.56 Å². The minimum Gasteiger partial charge on any atom is -0.508 e. The van der Waals surface area contributed by atoms with Crippen LogP contribution in [0.2, 0.25) is 0 Å². The molecule has 0 atom stereocenters. The first-order valence-electron chi connectivity index (χ1n) is 5.74. The maximum Gasteiger partial charge on any atom is 0.144 e. The first kappa shape index (κ1) is 13.7. The second-order valence-corrected chi connectivity index (χ2v) is 5.62. The number of hydrogen-bond donors (Lipinski definition) is 2. The van der Waals surface area contributed by atoms with Crippen molar-refractivity contribution >= 4 is 5.78 Å². The van der Waals surface area contributed by atoms with E-state index in [1.807, 2.05) is 33.8 Å². The van der Waals surface area contributed by atoms with Gasteiger partial charge in [0.1, 0.15) is 11.5 Å². The summed E-state index contributed by atoms with van der Waals surface area (Å²) < 4.78 is 0. The Labute approximate surface area is 103 Å². The number of carbonyl (C=O) groups is 1. The summed E-state index contributed by atoms with van der Waals surface area (Å²) >= 11 is 0. The first-order valence-corrected chi connectivity index (χ1v) is 5.74. The molecule has 0 amide bonds. The number of Topliss-reactive ketones (excluding diaryl/α,β-unsaturated/α-hetero) is 1. The Balaban J connectivity index is 2.87. The fourth-order valence-electron chi connectivity index (χ4n) is 1.43. The van der Waals surface area contributed by atoms with Crippen molar-refractivity contribution in [3.8, 4) is 5.75 Å². The van der Waals surface area contributed by atoms with Gasteiger partial charge in [-0.2, -0.15) is 0 Å². The van der Waals surface area contributed by atoms with Crippen molar-refractivity contribution in [1.82, 2.24) is 0 Å². The van der Waals surface area contributed by atoms with Crippen LogP contribution in [0.25, 0.3) is 0 Å². The Morgan fingerprint density at radius 2 is 1.88 bits per heavy atom. The monoisotopic (exact) mass is 235 g/mol. The van der Waals surface area contributed by atoms with Gasteiger partial charge in [-0.05, 0) is 31.5 Å². The standard InChI is InChI=1S/C14H21NO2/c1-13(2,14(3,4)15)12(17)9-10-6-5-7-11(16)8-10/h5-8,16H,9,15H2,1-4H3. The van der Waals surface area contributed by atoms with Crippen LogP contribution in [0, 0.1) is 5.41 Å². The number of phenolic OH excluding ortho intramolecular Hbond substituents is 1. The lowest BCUT2D eigenvalue weighted by Gasteiger charge is -2.37. The minimum absolute atomic E-state index is 0.0793.